The van der Waals surface area contributed by atoms with Crippen molar-refractivity contribution in [3.8, 4) is 0 Å². The van der Waals surface area contributed by atoms with Gasteiger partial charge in [0.25, 0.3) is 10.0 Å². The van der Waals surface area contributed by atoms with Crippen molar-refractivity contribution in [2.75, 3.05) is 17.8 Å². The minimum Gasteiger partial charge on any atom is -0.299 e. The second kappa shape index (κ2) is 5.87. The molecule has 6 nitrogen and oxygen atoms in total. The highest BCUT2D eigenvalue weighted by molar-refractivity contribution is 7.92. The van der Waals surface area contributed by atoms with Gasteiger partial charge >= 0.3 is 0 Å². The van der Waals surface area contributed by atoms with E-state index in [4.69, 9.17) is 0 Å². The van der Waals surface area contributed by atoms with E-state index in [1.165, 1.54) is 25.2 Å². The van der Waals surface area contributed by atoms with Crippen LogP contribution in [-0.4, -0.2) is 36.6 Å². The van der Waals surface area contributed by atoms with Gasteiger partial charge in [-0.15, -0.1) is 0 Å². The van der Waals surface area contributed by atoms with Gasteiger partial charge in [-0.1, -0.05) is 12.1 Å². The number of hydrogen-bond acceptors (Lipinski definition) is 4. The lowest BCUT2D eigenvalue weighted by Gasteiger charge is -2.15. The number of nitrogens with one attached hydrogen (secondary N) is 2. The van der Waals surface area contributed by atoms with Crippen LogP contribution in [0.25, 0.3) is 0 Å². The van der Waals surface area contributed by atoms with Crippen molar-refractivity contribution < 1.29 is 8.42 Å². The molecule has 7 heteroatoms. The van der Waals surface area contributed by atoms with Crippen LogP contribution in [-0.2, 0) is 16.6 Å². The Bertz CT molecular complexity index is 692. The average Bonchev–Trinajstić information content (AvgIpc) is 3.11. The van der Waals surface area contributed by atoms with Crippen molar-refractivity contribution in [1.29, 1.82) is 0 Å². The van der Waals surface area contributed by atoms with E-state index in [0.29, 0.717) is 5.69 Å². The minimum atomic E-state index is -3.57. The Balaban J connectivity index is 1.74. The highest BCUT2D eigenvalue weighted by Crippen LogP contribution is 2.18. The highest BCUT2D eigenvalue weighted by atomic mass is 32.2. The minimum absolute atomic E-state index is 0.132. The summed E-state index contributed by atoms with van der Waals surface area (Å²) in [6.45, 7) is 3.09. The number of H-pyrrole nitrogens is 1. The van der Waals surface area contributed by atoms with Crippen LogP contribution in [0, 0.1) is 0 Å². The molecule has 0 unspecified atom stereocenters. The molecular weight excluding hydrogens is 288 g/mol. The zero-order chi connectivity index (χ0) is 14.7. The fourth-order valence-corrected chi connectivity index (χ4v) is 3.49. The molecule has 2 N–H and O–H groups in total. The molecule has 0 atom stereocenters. The van der Waals surface area contributed by atoms with Crippen LogP contribution in [0.2, 0.25) is 0 Å². The Morgan fingerprint density at radius 1 is 1.29 bits per heavy atom. The Hall–Kier alpha value is -1.86. The van der Waals surface area contributed by atoms with Gasteiger partial charge in [0, 0.05) is 18.4 Å². The van der Waals surface area contributed by atoms with E-state index in [-0.39, 0.29) is 4.90 Å². The van der Waals surface area contributed by atoms with Gasteiger partial charge in [-0.2, -0.15) is 5.10 Å². The molecule has 1 saturated heterocycles. The standard InChI is InChI=1S/C14H18N4O2S/c19-21(20,14-9-15-16-10-14)17-13-5-3-4-12(8-13)11-18-6-1-2-7-18/h3-5,8-10,17H,1-2,6-7,11H2,(H,15,16). The predicted molar refractivity (Wildman–Crippen MR) is 80.3 cm³/mol. The van der Waals surface area contributed by atoms with Crippen LogP contribution in [0.1, 0.15) is 18.4 Å². The highest BCUT2D eigenvalue weighted by Gasteiger charge is 2.16. The molecule has 3 rings (SSSR count). The lowest BCUT2D eigenvalue weighted by Crippen LogP contribution is -2.18. The first-order chi connectivity index (χ1) is 10.1. The number of anilines is 1. The summed E-state index contributed by atoms with van der Waals surface area (Å²) in [6, 6.07) is 7.54. The van der Waals surface area contributed by atoms with Crippen molar-refractivity contribution >= 4 is 15.7 Å². The molecule has 1 fully saturated rings. The van der Waals surface area contributed by atoms with Gasteiger partial charge in [0.2, 0.25) is 0 Å². The molecule has 21 heavy (non-hydrogen) atoms. The number of nitrogens with zero attached hydrogens (tertiary/aromatic N) is 2. The first-order valence-corrected chi connectivity index (χ1v) is 8.45. The van der Waals surface area contributed by atoms with Crippen molar-refractivity contribution in [2.24, 2.45) is 0 Å². The maximum atomic E-state index is 12.1. The first kappa shape index (κ1) is 14.1. The van der Waals surface area contributed by atoms with Gasteiger partial charge in [-0.05, 0) is 43.6 Å². The lowest BCUT2D eigenvalue weighted by atomic mass is 10.2. The van der Waals surface area contributed by atoms with Crippen LogP contribution in [0.4, 0.5) is 5.69 Å². The molecule has 1 aromatic carbocycles. The fourth-order valence-electron chi connectivity index (χ4n) is 2.53. The van der Waals surface area contributed by atoms with E-state index >= 15 is 0 Å². The molecule has 112 valence electrons. The number of benzene rings is 1. The third kappa shape index (κ3) is 3.43. The number of aromatic amines is 1. The second-order valence-corrected chi connectivity index (χ2v) is 6.91. The number of sulfonamides is 1. The summed E-state index contributed by atoms with van der Waals surface area (Å²) >= 11 is 0. The van der Waals surface area contributed by atoms with Crippen LogP contribution in [0.15, 0.2) is 41.6 Å². The summed E-state index contributed by atoms with van der Waals surface area (Å²) < 4.78 is 26.9. The molecule has 0 bridgehead atoms. The molecule has 0 amide bonds. The van der Waals surface area contributed by atoms with E-state index in [1.807, 2.05) is 18.2 Å². The summed E-state index contributed by atoms with van der Waals surface area (Å²) in [7, 11) is -3.57. The molecule has 1 aliphatic rings. The topological polar surface area (TPSA) is 78.1 Å². The van der Waals surface area contributed by atoms with E-state index in [2.05, 4.69) is 19.8 Å². The largest absolute Gasteiger partial charge is 0.299 e. The van der Waals surface area contributed by atoms with Crippen LogP contribution >= 0.6 is 0 Å². The molecule has 1 aromatic heterocycles. The normalized spacial score (nSPS) is 16.2. The SMILES string of the molecule is O=S(=O)(Nc1cccc(CN2CCCC2)c1)c1cn[nH]c1. The quantitative estimate of drug-likeness (QED) is 0.883. The fraction of sp³-hybridized carbons (Fsp3) is 0.357. The Kier molecular flexibility index (Phi) is 3.94. The Labute approximate surface area is 124 Å². The van der Waals surface area contributed by atoms with E-state index in [0.717, 1.165) is 25.2 Å². The van der Waals surface area contributed by atoms with Crippen LogP contribution in [0.5, 0.6) is 0 Å². The number of likely N-dealkylation sites (tertiary alicyclic amines) is 1. The molecule has 2 aromatic rings. The third-order valence-corrected chi connectivity index (χ3v) is 4.92. The zero-order valence-corrected chi connectivity index (χ0v) is 12.4. The predicted octanol–water partition coefficient (Wildman–Crippen LogP) is 1.81. The van der Waals surface area contributed by atoms with Crippen molar-refractivity contribution in [3.63, 3.8) is 0 Å². The molecule has 2 heterocycles. The van der Waals surface area contributed by atoms with Gasteiger partial charge in [-0.25, -0.2) is 8.42 Å². The monoisotopic (exact) mass is 306 g/mol. The zero-order valence-electron chi connectivity index (χ0n) is 11.6. The summed E-state index contributed by atoms with van der Waals surface area (Å²) in [4.78, 5) is 2.51. The van der Waals surface area contributed by atoms with E-state index in [1.54, 1.807) is 6.07 Å². The molecule has 0 radical (unpaired) electrons. The molecule has 1 aliphatic heterocycles. The Morgan fingerprint density at radius 2 is 2.10 bits per heavy atom. The summed E-state index contributed by atoms with van der Waals surface area (Å²) in [5.74, 6) is 0. The average molecular weight is 306 g/mol. The second-order valence-electron chi connectivity index (χ2n) is 5.22. The maximum Gasteiger partial charge on any atom is 0.265 e. The summed E-state index contributed by atoms with van der Waals surface area (Å²) in [5.41, 5.74) is 1.69. The molecule has 0 aliphatic carbocycles. The smallest absolute Gasteiger partial charge is 0.265 e. The van der Waals surface area contributed by atoms with Gasteiger partial charge in [0.15, 0.2) is 0 Å². The summed E-state index contributed by atoms with van der Waals surface area (Å²) in [5, 5.41) is 6.17. The van der Waals surface area contributed by atoms with Crippen LogP contribution < -0.4 is 4.72 Å². The number of rotatable bonds is 5. The van der Waals surface area contributed by atoms with Gasteiger partial charge in [0.05, 0.1) is 6.20 Å². The number of hydrogen-bond donors (Lipinski definition) is 2. The summed E-state index contributed by atoms with van der Waals surface area (Å²) in [6.07, 6.45) is 5.13. The number of aromatic nitrogens is 2. The van der Waals surface area contributed by atoms with Crippen molar-refractivity contribution in [2.45, 2.75) is 24.3 Å². The maximum absolute atomic E-state index is 12.1. The molecule has 0 spiro atoms. The van der Waals surface area contributed by atoms with E-state index < -0.39 is 10.0 Å². The third-order valence-electron chi connectivity index (χ3n) is 3.57. The first-order valence-electron chi connectivity index (χ1n) is 6.96. The molecule has 0 saturated carbocycles. The van der Waals surface area contributed by atoms with Crippen LogP contribution in [0.3, 0.4) is 0 Å². The van der Waals surface area contributed by atoms with Crippen molar-refractivity contribution in [1.82, 2.24) is 15.1 Å². The lowest BCUT2D eigenvalue weighted by molar-refractivity contribution is 0.331. The van der Waals surface area contributed by atoms with Gasteiger partial charge in [-0.3, -0.25) is 14.7 Å². The molecular formula is C14H18N4O2S. The van der Waals surface area contributed by atoms with Gasteiger partial charge in [0.1, 0.15) is 4.90 Å². The van der Waals surface area contributed by atoms with Gasteiger partial charge < -0.3 is 0 Å². The van der Waals surface area contributed by atoms with Crippen molar-refractivity contribution in [3.05, 3.63) is 42.2 Å². The Morgan fingerprint density at radius 3 is 2.81 bits per heavy atom. The van der Waals surface area contributed by atoms with E-state index in [9.17, 15) is 8.42 Å².